The molecule has 5 amide bonds. The third kappa shape index (κ3) is 11.4. The van der Waals surface area contributed by atoms with Crippen molar-refractivity contribution < 1.29 is 38.6 Å². The van der Waals surface area contributed by atoms with Gasteiger partial charge in [-0.25, -0.2) is 0 Å². The predicted molar refractivity (Wildman–Crippen MR) is 268 cm³/mol. The predicted octanol–water partition coefficient (Wildman–Crippen LogP) is 5.19. The standard InChI is InChI=1S/C52H62N12O8/c1-59(41-15-10-14-39-48(41)52(70)64(51(39)69)42-22-23-46(66)54-50(42)68)45-34-63(58-56-45)25-9-5-3-2-4-6-17-47(67)61-28-26-60(27-29-61)30-31-71-36-20-18-35(19-21-36)62-24-11-12-37(33-62)72-44-32-40(55-57-49(44)53)38-13-7-8-16-43(38)65/h7-8,10,13-16,18-21,32,34,37,42,65H,2-6,9,11-12,17,22-31,33H2,1H3,(H2,53,57)(H,54,66,68). The Hall–Kier alpha value is -7.61. The Bertz CT molecular complexity index is 2760. The Morgan fingerprint density at radius 1 is 0.833 bits per heavy atom. The van der Waals surface area contributed by atoms with Crippen LogP contribution in [0.4, 0.5) is 23.0 Å². The Labute approximate surface area is 418 Å². The number of nitrogens with two attached hydrogens (primary N) is 1. The van der Waals surface area contributed by atoms with Gasteiger partial charge < -0.3 is 35.0 Å². The highest BCUT2D eigenvalue weighted by Gasteiger charge is 2.46. The van der Waals surface area contributed by atoms with Crippen LogP contribution in [-0.4, -0.2) is 146 Å². The van der Waals surface area contributed by atoms with E-state index in [4.69, 9.17) is 15.2 Å². The van der Waals surface area contributed by atoms with E-state index in [1.165, 1.54) is 0 Å². The highest BCUT2D eigenvalue weighted by molar-refractivity contribution is 6.25. The van der Waals surface area contributed by atoms with Crippen LogP contribution in [0, 0.1) is 0 Å². The second kappa shape index (κ2) is 22.6. The molecule has 0 bridgehead atoms. The number of anilines is 4. The number of amides is 5. The van der Waals surface area contributed by atoms with Crippen LogP contribution >= 0.6 is 0 Å². The number of fused-ring (bicyclic) bond motifs is 1. The van der Waals surface area contributed by atoms with Gasteiger partial charge in [-0.1, -0.05) is 49.1 Å². The fraction of sp³-hybridized carbons (Fsp3) is 0.442. The van der Waals surface area contributed by atoms with Crippen LogP contribution in [-0.2, 0) is 20.9 Å². The van der Waals surface area contributed by atoms with Crippen LogP contribution in [0.1, 0.15) is 91.3 Å². The number of aryl methyl sites for hydroxylation is 1. The number of aromatic hydroxyl groups is 1. The lowest BCUT2D eigenvalue weighted by Gasteiger charge is -2.35. The number of carbonyl (C=O) groups excluding carboxylic acids is 5. The molecule has 378 valence electrons. The first-order valence-electron chi connectivity index (χ1n) is 25.1. The molecule has 4 aliphatic heterocycles. The molecular formula is C52H62N12O8. The smallest absolute Gasteiger partial charge is 0.264 e. The molecule has 9 rings (SSSR count). The average Bonchev–Trinajstić information content (AvgIpc) is 3.97. The molecule has 6 heterocycles. The third-order valence-electron chi connectivity index (χ3n) is 13.9. The molecule has 2 unspecified atom stereocenters. The van der Waals surface area contributed by atoms with Gasteiger partial charge in [0.2, 0.25) is 17.7 Å². The largest absolute Gasteiger partial charge is 0.507 e. The second-order valence-corrected chi connectivity index (χ2v) is 18.8. The van der Waals surface area contributed by atoms with Crippen molar-refractivity contribution in [2.24, 2.45) is 0 Å². The van der Waals surface area contributed by atoms with Crippen molar-refractivity contribution in [1.82, 2.24) is 45.2 Å². The Morgan fingerprint density at radius 2 is 1.60 bits per heavy atom. The van der Waals surface area contributed by atoms with Crippen LogP contribution in [0.25, 0.3) is 11.3 Å². The Morgan fingerprint density at radius 3 is 2.39 bits per heavy atom. The number of carbonyl (C=O) groups is 5. The maximum Gasteiger partial charge on any atom is 0.264 e. The zero-order valence-corrected chi connectivity index (χ0v) is 40.7. The molecule has 2 aromatic heterocycles. The normalized spacial score (nSPS) is 18.3. The number of piperidine rings is 2. The van der Waals surface area contributed by atoms with E-state index in [0.717, 1.165) is 107 Å². The lowest BCUT2D eigenvalue weighted by molar-refractivity contribution is -0.136. The van der Waals surface area contributed by atoms with Crippen molar-refractivity contribution in [3.8, 4) is 28.5 Å². The minimum absolute atomic E-state index is 0.0521. The number of ether oxygens (including phenoxy) is 2. The van der Waals surface area contributed by atoms with Crippen molar-refractivity contribution in [3.63, 3.8) is 0 Å². The molecule has 4 aliphatic rings. The molecule has 3 fully saturated rings. The van der Waals surface area contributed by atoms with E-state index in [1.54, 1.807) is 65.3 Å². The van der Waals surface area contributed by atoms with Gasteiger partial charge in [-0.15, -0.1) is 15.3 Å². The van der Waals surface area contributed by atoms with Crippen molar-refractivity contribution in [2.75, 3.05) is 75.0 Å². The van der Waals surface area contributed by atoms with E-state index in [2.05, 4.69) is 47.8 Å². The number of aromatic nitrogens is 5. The summed E-state index contributed by atoms with van der Waals surface area (Å²) in [5, 5.41) is 29.4. The van der Waals surface area contributed by atoms with E-state index in [0.29, 0.717) is 54.6 Å². The number of piperazine rings is 1. The Balaban J connectivity index is 0.622. The number of rotatable bonds is 20. The maximum absolute atomic E-state index is 13.6. The molecule has 20 heteroatoms. The summed E-state index contributed by atoms with van der Waals surface area (Å²) in [5.41, 5.74) is 9.17. The van der Waals surface area contributed by atoms with E-state index in [1.807, 2.05) is 23.1 Å². The summed E-state index contributed by atoms with van der Waals surface area (Å²) in [4.78, 5) is 73.4. The first kappa shape index (κ1) is 49.4. The molecule has 3 saturated heterocycles. The Kier molecular flexibility index (Phi) is 15.5. The summed E-state index contributed by atoms with van der Waals surface area (Å²) >= 11 is 0. The van der Waals surface area contributed by atoms with Gasteiger partial charge in [0.25, 0.3) is 11.8 Å². The van der Waals surface area contributed by atoms with Crippen LogP contribution in [0.15, 0.2) is 79.0 Å². The van der Waals surface area contributed by atoms with Crippen molar-refractivity contribution in [2.45, 2.75) is 89.3 Å². The second-order valence-electron chi connectivity index (χ2n) is 18.8. The lowest BCUT2D eigenvalue weighted by atomic mass is 10.0. The zero-order chi connectivity index (χ0) is 50.1. The number of para-hydroxylation sites is 1. The van der Waals surface area contributed by atoms with Gasteiger partial charge in [0, 0.05) is 83.0 Å². The number of nitrogens with one attached hydrogen (secondary N) is 1. The lowest BCUT2D eigenvalue weighted by Crippen LogP contribution is -2.54. The van der Waals surface area contributed by atoms with Gasteiger partial charge in [0.05, 0.1) is 29.6 Å². The molecule has 72 heavy (non-hydrogen) atoms. The van der Waals surface area contributed by atoms with E-state index < -0.39 is 29.7 Å². The minimum atomic E-state index is -1.04. The fourth-order valence-electron chi connectivity index (χ4n) is 9.88. The van der Waals surface area contributed by atoms with E-state index >= 15 is 0 Å². The zero-order valence-electron chi connectivity index (χ0n) is 40.7. The number of hydrogen-bond acceptors (Lipinski definition) is 16. The number of unbranched alkanes of at least 4 members (excludes halogenated alkanes) is 5. The molecule has 3 aromatic carbocycles. The number of hydrogen-bond donors (Lipinski definition) is 3. The summed E-state index contributed by atoms with van der Waals surface area (Å²) in [6, 6.07) is 20.8. The molecule has 0 spiro atoms. The molecule has 0 radical (unpaired) electrons. The summed E-state index contributed by atoms with van der Waals surface area (Å²) in [7, 11) is 1.75. The molecule has 5 aromatic rings. The highest BCUT2D eigenvalue weighted by atomic mass is 16.5. The van der Waals surface area contributed by atoms with Gasteiger partial charge in [-0.3, -0.25) is 43.8 Å². The summed E-state index contributed by atoms with van der Waals surface area (Å²) in [6.07, 6.45) is 10.2. The molecule has 0 aliphatic carbocycles. The maximum atomic E-state index is 13.6. The number of nitrogen functional groups attached to an aromatic ring is 1. The SMILES string of the molecule is CN(c1cn(CCCCCCCCC(=O)N2CCN(CCOc3ccc(N4CCCC(Oc5cc(-c6ccccc6O)nnc5N)C4)cc3)CC2)nn1)c1cccc2c1C(=O)N(C1CCC(=O)NC1=O)C2=O. The number of phenols is 1. The summed E-state index contributed by atoms with van der Waals surface area (Å²) < 4.78 is 14.2. The first-order valence-corrected chi connectivity index (χ1v) is 25.1. The molecule has 20 nitrogen and oxygen atoms in total. The van der Waals surface area contributed by atoms with Crippen molar-refractivity contribution in [3.05, 3.63) is 90.1 Å². The van der Waals surface area contributed by atoms with E-state index in [-0.39, 0.29) is 47.5 Å². The van der Waals surface area contributed by atoms with E-state index in [9.17, 15) is 29.1 Å². The first-order chi connectivity index (χ1) is 35.0. The molecular weight excluding hydrogens is 921 g/mol. The van der Waals surface area contributed by atoms with Crippen LogP contribution < -0.4 is 30.3 Å². The molecule has 0 saturated carbocycles. The average molecular weight is 983 g/mol. The number of benzene rings is 3. The topological polar surface area (TPSA) is 235 Å². The fourth-order valence-corrected chi connectivity index (χ4v) is 9.88. The quantitative estimate of drug-likeness (QED) is 0.0672. The number of nitrogens with zero attached hydrogens (tertiary/aromatic N) is 10. The highest BCUT2D eigenvalue weighted by Crippen LogP contribution is 2.37. The van der Waals surface area contributed by atoms with Gasteiger partial charge in [0.15, 0.2) is 17.4 Å². The van der Waals surface area contributed by atoms with Crippen molar-refractivity contribution in [1.29, 1.82) is 0 Å². The summed E-state index contributed by atoms with van der Waals surface area (Å²) in [6.45, 7) is 6.73. The molecule has 4 N–H and O–H groups in total. The van der Waals surface area contributed by atoms with Crippen LogP contribution in [0.2, 0.25) is 0 Å². The van der Waals surface area contributed by atoms with Crippen molar-refractivity contribution >= 4 is 52.5 Å². The van der Waals surface area contributed by atoms with Gasteiger partial charge >= 0.3 is 0 Å². The van der Waals surface area contributed by atoms with Gasteiger partial charge in [-0.05, 0) is 80.6 Å². The van der Waals surface area contributed by atoms with Crippen LogP contribution in [0.5, 0.6) is 17.2 Å². The molecule has 2 atom stereocenters. The van der Waals surface area contributed by atoms with Gasteiger partial charge in [0.1, 0.15) is 35.9 Å². The number of imide groups is 2. The van der Waals surface area contributed by atoms with Crippen LogP contribution in [0.3, 0.4) is 0 Å². The third-order valence-corrected chi connectivity index (χ3v) is 13.9. The van der Waals surface area contributed by atoms with Gasteiger partial charge in [-0.2, -0.15) is 0 Å². The monoisotopic (exact) mass is 982 g/mol. The number of phenolic OH excluding ortho intramolecular Hbond substituents is 1. The summed E-state index contributed by atoms with van der Waals surface area (Å²) in [5.74, 6) is 0.121. The minimum Gasteiger partial charge on any atom is -0.507 e.